The van der Waals surface area contributed by atoms with Crippen molar-refractivity contribution < 1.29 is 18.7 Å². The van der Waals surface area contributed by atoms with Crippen molar-refractivity contribution in [1.29, 1.82) is 0 Å². The summed E-state index contributed by atoms with van der Waals surface area (Å²) < 4.78 is 16.4. The third-order valence-corrected chi connectivity index (χ3v) is 5.34. The quantitative estimate of drug-likeness (QED) is 0.382. The van der Waals surface area contributed by atoms with Crippen LogP contribution in [-0.4, -0.2) is 30.2 Å². The standard InChI is InChI=1S/C25H23N3O4S/c1-4-15-8-13-19-18(14-15)27-24(32-19)16-9-11-17(12-10-16)26-25(33)28-23(29)22-20(30-2)6-5-7-21(22)31-3/h5-14H,4H2,1-3H3,(H2,26,28,29,33). The number of hydrogen-bond donors (Lipinski definition) is 2. The SMILES string of the molecule is CCc1ccc2oc(-c3ccc(NC(=S)NC(=O)c4c(OC)cccc4OC)cc3)nc2c1. The second-order valence-corrected chi connectivity index (χ2v) is 7.61. The normalized spacial score (nSPS) is 10.6. The van der Waals surface area contributed by atoms with Crippen LogP contribution in [-0.2, 0) is 6.42 Å². The highest BCUT2D eigenvalue weighted by atomic mass is 32.1. The van der Waals surface area contributed by atoms with Crippen LogP contribution in [0.1, 0.15) is 22.8 Å². The number of benzene rings is 3. The molecule has 0 fully saturated rings. The lowest BCUT2D eigenvalue weighted by Crippen LogP contribution is -2.34. The molecule has 0 bridgehead atoms. The van der Waals surface area contributed by atoms with E-state index in [9.17, 15) is 4.79 Å². The lowest BCUT2D eigenvalue weighted by molar-refractivity contribution is 0.0971. The minimum absolute atomic E-state index is 0.148. The number of nitrogens with zero attached hydrogens (tertiary/aromatic N) is 1. The number of aromatic nitrogens is 1. The maximum absolute atomic E-state index is 12.8. The first-order valence-electron chi connectivity index (χ1n) is 10.4. The number of fused-ring (bicyclic) bond motifs is 1. The van der Waals surface area contributed by atoms with E-state index in [1.54, 1.807) is 18.2 Å². The molecule has 0 atom stereocenters. The highest BCUT2D eigenvalue weighted by molar-refractivity contribution is 7.80. The van der Waals surface area contributed by atoms with Crippen molar-refractivity contribution in [2.45, 2.75) is 13.3 Å². The predicted octanol–water partition coefficient (Wildman–Crippen LogP) is 5.20. The molecule has 33 heavy (non-hydrogen) atoms. The largest absolute Gasteiger partial charge is 0.496 e. The van der Waals surface area contributed by atoms with E-state index in [-0.39, 0.29) is 10.7 Å². The number of thiocarbonyl (C=S) groups is 1. The zero-order valence-corrected chi connectivity index (χ0v) is 19.3. The number of rotatable bonds is 6. The molecule has 8 heteroatoms. The summed E-state index contributed by atoms with van der Waals surface area (Å²) in [6.07, 6.45) is 0.943. The molecular weight excluding hydrogens is 438 g/mol. The van der Waals surface area contributed by atoms with Gasteiger partial charge in [0.25, 0.3) is 5.91 Å². The summed E-state index contributed by atoms with van der Waals surface area (Å²) in [7, 11) is 2.98. The van der Waals surface area contributed by atoms with Crippen molar-refractivity contribution in [3.63, 3.8) is 0 Å². The predicted molar refractivity (Wildman–Crippen MR) is 132 cm³/mol. The lowest BCUT2D eigenvalue weighted by Gasteiger charge is -2.14. The number of ether oxygens (including phenoxy) is 2. The number of carbonyl (C=O) groups excluding carboxylic acids is 1. The Morgan fingerprint density at radius 1 is 1.03 bits per heavy atom. The number of amides is 1. The number of anilines is 1. The van der Waals surface area contributed by atoms with Crippen LogP contribution in [0.25, 0.3) is 22.6 Å². The number of oxazole rings is 1. The van der Waals surface area contributed by atoms with Crippen molar-refractivity contribution in [3.05, 3.63) is 71.8 Å². The third kappa shape index (κ3) is 4.80. The van der Waals surface area contributed by atoms with E-state index < -0.39 is 5.91 Å². The van der Waals surface area contributed by atoms with E-state index in [1.807, 2.05) is 42.5 Å². The summed E-state index contributed by atoms with van der Waals surface area (Å²) in [5, 5.41) is 5.81. The third-order valence-electron chi connectivity index (χ3n) is 5.13. The molecule has 0 saturated heterocycles. The molecule has 4 rings (SSSR count). The lowest BCUT2D eigenvalue weighted by atomic mass is 10.1. The number of hydrogen-bond acceptors (Lipinski definition) is 6. The van der Waals surface area contributed by atoms with Gasteiger partial charge >= 0.3 is 0 Å². The molecule has 4 aromatic rings. The van der Waals surface area contributed by atoms with Gasteiger partial charge in [-0.2, -0.15) is 0 Å². The van der Waals surface area contributed by atoms with Crippen LogP contribution in [0.2, 0.25) is 0 Å². The average molecular weight is 462 g/mol. The monoisotopic (exact) mass is 461 g/mol. The molecule has 3 aromatic carbocycles. The van der Waals surface area contributed by atoms with Crippen molar-refractivity contribution >= 4 is 40.0 Å². The fourth-order valence-electron chi connectivity index (χ4n) is 3.42. The second-order valence-electron chi connectivity index (χ2n) is 7.20. The Bertz CT molecular complexity index is 1290. The Morgan fingerprint density at radius 2 is 1.73 bits per heavy atom. The second kappa shape index (κ2) is 9.70. The number of methoxy groups -OCH3 is 2. The van der Waals surface area contributed by atoms with Gasteiger partial charge in [-0.1, -0.05) is 19.1 Å². The Balaban J connectivity index is 1.45. The molecule has 0 aliphatic rings. The van der Waals surface area contributed by atoms with Crippen molar-refractivity contribution in [1.82, 2.24) is 10.3 Å². The fourth-order valence-corrected chi connectivity index (χ4v) is 3.63. The van der Waals surface area contributed by atoms with E-state index in [1.165, 1.54) is 19.8 Å². The minimum atomic E-state index is -0.434. The van der Waals surface area contributed by atoms with Gasteiger partial charge in [0.05, 0.1) is 14.2 Å². The van der Waals surface area contributed by atoms with Crippen molar-refractivity contribution in [2.75, 3.05) is 19.5 Å². The molecule has 7 nitrogen and oxygen atoms in total. The van der Waals surface area contributed by atoms with E-state index >= 15 is 0 Å². The highest BCUT2D eigenvalue weighted by Gasteiger charge is 2.19. The molecular formula is C25H23N3O4S. The molecule has 168 valence electrons. The van der Waals surface area contributed by atoms with E-state index in [4.69, 9.17) is 26.1 Å². The van der Waals surface area contributed by atoms with Gasteiger partial charge in [-0.25, -0.2) is 4.98 Å². The van der Waals surface area contributed by atoms with Crippen LogP contribution in [0.5, 0.6) is 11.5 Å². The summed E-state index contributed by atoms with van der Waals surface area (Å²) in [6.45, 7) is 2.10. The van der Waals surface area contributed by atoms with Gasteiger partial charge in [0.15, 0.2) is 10.7 Å². The topological polar surface area (TPSA) is 85.6 Å². The summed E-state index contributed by atoms with van der Waals surface area (Å²) in [5.74, 6) is 0.895. The van der Waals surface area contributed by atoms with Crippen LogP contribution < -0.4 is 20.1 Å². The smallest absolute Gasteiger partial charge is 0.264 e. The summed E-state index contributed by atoms with van der Waals surface area (Å²) in [5.41, 5.74) is 4.61. The van der Waals surface area contributed by atoms with E-state index in [0.717, 1.165) is 23.1 Å². The van der Waals surface area contributed by atoms with Gasteiger partial charge in [-0.15, -0.1) is 0 Å². The Morgan fingerprint density at radius 3 is 2.36 bits per heavy atom. The molecule has 0 saturated carbocycles. The zero-order valence-electron chi connectivity index (χ0n) is 18.5. The molecule has 1 amide bonds. The number of aryl methyl sites for hydroxylation is 1. The van der Waals surface area contributed by atoms with E-state index in [2.05, 4.69) is 22.5 Å². The Kier molecular flexibility index (Phi) is 6.55. The van der Waals surface area contributed by atoms with Crippen LogP contribution in [0, 0.1) is 0 Å². The maximum Gasteiger partial charge on any atom is 0.264 e. The molecule has 0 spiro atoms. The molecule has 1 aromatic heterocycles. The summed E-state index contributed by atoms with van der Waals surface area (Å²) >= 11 is 5.31. The van der Waals surface area contributed by atoms with Gasteiger partial charge in [-0.05, 0) is 72.7 Å². The summed E-state index contributed by atoms with van der Waals surface area (Å²) in [4.78, 5) is 17.3. The zero-order chi connectivity index (χ0) is 23.4. The maximum atomic E-state index is 12.8. The van der Waals surface area contributed by atoms with Gasteiger partial charge < -0.3 is 19.2 Å². The number of nitrogens with one attached hydrogen (secondary N) is 2. The van der Waals surface area contributed by atoms with Crippen molar-refractivity contribution in [2.24, 2.45) is 0 Å². The van der Waals surface area contributed by atoms with Crippen molar-refractivity contribution in [3.8, 4) is 23.0 Å². The minimum Gasteiger partial charge on any atom is -0.496 e. The number of carbonyl (C=O) groups is 1. The van der Waals surface area contributed by atoms with Crippen LogP contribution in [0.4, 0.5) is 5.69 Å². The first-order chi connectivity index (χ1) is 16.0. The van der Waals surface area contributed by atoms with Crippen LogP contribution >= 0.6 is 12.2 Å². The molecule has 2 N–H and O–H groups in total. The fraction of sp³-hybridized carbons (Fsp3) is 0.160. The van der Waals surface area contributed by atoms with Crippen LogP contribution in [0.15, 0.2) is 65.1 Å². The summed E-state index contributed by atoms with van der Waals surface area (Å²) in [6, 6.07) is 18.6. The first-order valence-corrected chi connectivity index (χ1v) is 10.8. The Labute approximate surface area is 196 Å². The highest BCUT2D eigenvalue weighted by Crippen LogP contribution is 2.28. The molecule has 0 aliphatic heterocycles. The Hall–Kier alpha value is -3.91. The van der Waals surface area contributed by atoms with Gasteiger partial charge in [0.2, 0.25) is 5.89 Å². The van der Waals surface area contributed by atoms with Gasteiger partial charge in [0, 0.05) is 11.3 Å². The average Bonchev–Trinajstić information content (AvgIpc) is 3.27. The molecule has 0 aliphatic carbocycles. The van der Waals surface area contributed by atoms with E-state index in [0.29, 0.717) is 23.1 Å². The molecule has 0 radical (unpaired) electrons. The van der Waals surface area contributed by atoms with Gasteiger partial charge in [-0.3, -0.25) is 10.1 Å². The van der Waals surface area contributed by atoms with Gasteiger partial charge in [0.1, 0.15) is 22.6 Å². The molecule has 1 heterocycles. The first kappa shape index (κ1) is 22.3. The molecule has 0 unspecified atom stereocenters. The van der Waals surface area contributed by atoms with Crippen LogP contribution in [0.3, 0.4) is 0 Å².